The molecule has 3 aliphatic rings. The largest absolute Gasteiger partial charge is 0.416 e. The van der Waals surface area contributed by atoms with E-state index in [1.165, 1.54) is 11.0 Å². The molecule has 0 radical (unpaired) electrons. The Kier molecular flexibility index (Phi) is 8.11. The van der Waals surface area contributed by atoms with Crippen LogP contribution in [-0.4, -0.2) is 50.2 Å². The first-order chi connectivity index (χ1) is 23.5. The van der Waals surface area contributed by atoms with Crippen molar-refractivity contribution in [2.24, 2.45) is 18.4 Å². The van der Waals surface area contributed by atoms with Crippen molar-refractivity contribution in [1.29, 1.82) is 10.5 Å². The van der Waals surface area contributed by atoms with Gasteiger partial charge in [-0.3, -0.25) is 14.6 Å². The molecule has 0 unspecified atom stereocenters. The number of nitriles is 2. The molecule has 1 atom stereocenters. The van der Waals surface area contributed by atoms with Gasteiger partial charge in [0.15, 0.2) is 5.82 Å². The number of amides is 1. The molecule has 2 aromatic carbocycles. The monoisotopic (exact) mass is 665 g/mol. The molecule has 1 saturated heterocycles. The zero-order valence-electron chi connectivity index (χ0n) is 27.2. The van der Waals surface area contributed by atoms with Gasteiger partial charge in [0.25, 0.3) is 5.91 Å². The van der Waals surface area contributed by atoms with Crippen LogP contribution < -0.4 is 10.2 Å². The van der Waals surface area contributed by atoms with Gasteiger partial charge in [-0.1, -0.05) is 6.92 Å². The Balaban J connectivity index is 1.30. The van der Waals surface area contributed by atoms with E-state index < -0.39 is 17.6 Å². The minimum atomic E-state index is -4.65. The molecule has 1 N–H and O–H groups in total. The van der Waals surface area contributed by atoms with Crippen LogP contribution >= 0.6 is 0 Å². The molecule has 0 bridgehead atoms. The lowest BCUT2D eigenvalue weighted by atomic mass is 9.97. The number of fused-ring (bicyclic) bond motifs is 1. The lowest BCUT2D eigenvalue weighted by Gasteiger charge is -2.20. The summed E-state index contributed by atoms with van der Waals surface area (Å²) in [4.78, 5) is 22.2. The van der Waals surface area contributed by atoms with Crippen molar-refractivity contribution >= 4 is 17.5 Å². The Morgan fingerprint density at radius 2 is 1.88 bits per heavy atom. The molecule has 1 spiro atoms. The quantitative estimate of drug-likeness (QED) is 0.214. The third-order valence-electron chi connectivity index (χ3n) is 9.86. The van der Waals surface area contributed by atoms with Gasteiger partial charge in [0.05, 0.1) is 29.8 Å². The number of pyridine rings is 1. The second-order valence-corrected chi connectivity index (χ2v) is 13.6. The smallest absolute Gasteiger partial charge is 0.370 e. The molecule has 250 valence electrons. The molecule has 4 aromatic rings. The van der Waals surface area contributed by atoms with E-state index in [1.54, 1.807) is 54.3 Å². The minimum Gasteiger partial charge on any atom is -0.370 e. The average Bonchev–Trinajstić information content (AvgIpc) is 3.33. The molecule has 2 aliphatic heterocycles. The van der Waals surface area contributed by atoms with Crippen molar-refractivity contribution in [3.8, 4) is 34.7 Å². The fourth-order valence-electron chi connectivity index (χ4n) is 6.99. The molecular formula is C36H34F3N9O. The van der Waals surface area contributed by atoms with Crippen molar-refractivity contribution in [3.63, 3.8) is 0 Å². The topological polar surface area (TPSA) is 127 Å². The SMILES string of the molecule is C[C@H](CC#N)CNc1cc(-c2cc(C#N)ccc2-c2nncn2C)cc(N2Cc3c(cc(CN4CCC5(CC5)C4)cc3C(F)(F)F)C2=O)n1. The number of likely N-dealkylation sites (tertiary alicyclic amines) is 1. The summed E-state index contributed by atoms with van der Waals surface area (Å²) in [6, 6.07) is 15.7. The number of halogens is 3. The van der Waals surface area contributed by atoms with E-state index in [0.717, 1.165) is 32.4 Å². The highest BCUT2D eigenvalue weighted by atomic mass is 19.4. The zero-order chi connectivity index (χ0) is 34.5. The number of hydrogen-bond acceptors (Lipinski definition) is 8. The van der Waals surface area contributed by atoms with E-state index in [-0.39, 0.29) is 29.4 Å². The van der Waals surface area contributed by atoms with Gasteiger partial charge in [-0.15, -0.1) is 10.2 Å². The number of rotatable bonds is 9. The van der Waals surface area contributed by atoms with E-state index in [9.17, 15) is 23.2 Å². The molecule has 4 heterocycles. The maximum atomic E-state index is 14.6. The van der Waals surface area contributed by atoms with Gasteiger partial charge >= 0.3 is 6.18 Å². The van der Waals surface area contributed by atoms with Crippen LogP contribution in [0.4, 0.5) is 24.8 Å². The van der Waals surface area contributed by atoms with Gasteiger partial charge in [-0.05, 0) is 102 Å². The van der Waals surface area contributed by atoms with Crippen LogP contribution in [0.1, 0.15) is 65.2 Å². The minimum absolute atomic E-state index is 0.0223. The molecule has 49 heavy (non-hydrogen) atoms. The van der Waals surface area contributed by atoms with Gasteiger partial charge in [-0.2, -0.15) is 23.7 Å². The number of carbonyl (C=O) groups is 1. The average molecular weight is 666 g/mol. The van der Waals surface area contributed by atoms with Crippen LogP contribution in [0.25, 0.3) is 22.5 Å². The van der Waals surface area contributed by atoms with E-state index in [1.807, 2.05) is 6.92 Å². The first kappa shape index (κ1) is 32.3. The van der Waals surface area contributed by atoms with Crippen molar-refractivity contribution < 1.29 is 18.0 Å². The lowest BCUT2D eigenvalue weighted by molar-refractivity contribution is -0.138. The number of benzene rings is 2. The maximum Gasteiger partial charge on any atom is 0.416 e. The van der Waals surface area contributed by atoms with Gasteiger partial charge in [0.2, 0.25) is 0 Å². The summed E-state index contributed by atoms with van der Waals surface area (Å²) in [5, 5.41) is 30.4. The fourth-order valence-corrected chi connectivity index (χ4v) is 6.99. The summed E-state index contributed by atoms with van der Waals surface area (Å²) >= 11 is 0. The first-order valence-electron chi connectivity index (χ1n) is 16.3. The molecule has 10 nitrogen and oxygen atoms in total. The van der Waals surface area contributed by atoms with Crippen molar-refractivity contribution in [2.75, 3.05) is 29.9 Å². The maximum absolute atomic E-state index is 14.6. The Labute approximate surface area is 281 Å². The summed E-state index contributed by atoms with van der Waals surface area (Å²) in [5.41, 5.74) is 2.16. The van der Waals surface area contributed by atoms with E-state index in [2.05, 4.69) is 32.6 Å². The predicted molar refractivity (Wildman–Crippen MR) is 176 cm³/mol. The third-order valence-corrected chi connectivity index (χ3v) is 9.86. The molecular weight excluding hydrogens is 631 g/mol. The number of nitrogens with one attached hydrogen (secondary N) is 1. The van der Waals surface area contributed by atoms with Gasteiger partial charge < -0.3 is 9.88 Å². The number of hydrogen-bond donors (Lipinski definition) is 1. The number of carbonyl (C=O) groups excluding carboxylic acids is 1. The summed E-state index contributed by atoms with van der Waals surface area (Å²) in [6.45, 7) is 4.06. The Morgan fingerprint density at radius 1 is 1.06 bits per heavy atom. The van der Waals surface area contributed by atoms with Gasteiger partial charge in [-0.25, -0.2) is 4.98 Å². The number of nitrogens with zero attached hydrogens (tertiary/aromatic N) is 8. The fraction of sp³-hybridized carbons (Fsp3) is 0.389. The van der Waals surface area contributed by atoms with Crippen molar-refractivity contribution in [2.45, 2.75) is 51.9 Å². The summed E-state index contributed by atoms with van der Waals surface area (Å²) in [7, 11) is 1.79. The second kappa shape index (κ2) is 12.3. The van der Waals surface area contributed by atoms with Crippen molar-refractivity contribution in [3.05, 3.63) is 76.6 Å². The third kappa shape index (κ3) is 6.34. The molecule has 1 saturated carbocycles. The van der Waals surface area contributed by atoms with Crippen LogP contribution in [0, 0.1) is 34.0 Å². The lowest BCUT2D eigenvalue weighted by Crippen LogP contribution is -2.25. The molecule has 2 fully saturated rings. The van der Waals surface area contributed by atoms with Crippen LogP contribution in [0.2, 0.25) is 0 Å². The highest BCUT2D eigenvalue weighted by Gasteiger charge is 2.48. The summed E-state index contributed by atoms with van der Waals surface area (Å²) in [6.07, 6.45) is 0.590. The Hall–Kier alpha value is -5.27. The van der Waals surface area contributed by atoms with Crippen LogP contribution in [0.15, 0.2) is 48.8 Å². The summed E-state index contributed by atoms with van der Waals surface area (Å²) in [5.74, 6) is 0.478. The molecule has 1 aliphatic carbocycles. The molecule has 1 amide bonds. The molecule has 2 aromatic heterocycles. The van der Waals surface area contributed by atoms with Crippen molar-refractivity contribution in [1.82, 2.24) is 24.6 Å². The van der Waals surface area contributed by atoms with Crippen LogP contribution in [-0.2, 0) is 26.3 Å². The highest BCUT2D eigenvalue weighted by Crippen LogP contribution is 2.53. The highest BCUT2D eigenvalue weighted by molar-refractivity contribution is 6.10. The number of aryl methyl sites for hydroxylation is 1. The molecule has 7 rings (SSSR count). The standard InChI is InChI=1S/C36H34F3N9O/c1-22(5-9-40)17-42-31-14-25(27-11-23(16-41)3-4-26(27)33-45-43-21-46(33)2)15-32(44-31)48-19-29-28(34(48)49)12-24(13-30(29)36(37,38)39)18-47-10-8-35(20-47)6-7-35/h3-4,11-15,21-22H,5-8,10,17-20H2,1-2H3,(H,42,44)/t22-/m1/s1. The Morgan fingerprint density at radius 3 is 2.55 bits per heavy atom. The zero-order valence-corrected chi connectivity index (χ0v) is 27.2. The normalized spacial score (nSPS) is 17.2. The van der Waals surface area contributed by atoms with E-state index >= 15 is 0 Å². The predicted octanol–water partition coefficient (Wildman–Crippen LogP) is 6.54. The Bertz CT molecular complexity index is 2040. The molecule has 13 heteroatoms. The van der Waals surface area contributed by atoms with Gasteiger partial charge in [0.1, 0.15) is 18.0 Å². The number of aromatic nitrogens is 4. The van der Waals surface area contributed by atoms with E-state index in [4.69, 9.17) is 10.2 Å². The number of anilines is 2. The van der Waals surface area contributed by atoms with Crippen LogP contribution in [0.3, 0.4) is 0 Å². The first-order valence-corrected chi connectivity index (χ1v) is 16.3. The second-order valence-electron chi connectivity index (χ2n) is 13.6. The number of alkyl halides is 3. The van der Waals surface area contributed by atoms with E-state index in [0.29, 0.717) is 64.4 Å². The summed E-state index contributed by atoms with van der Waals surface area (Å²) < 4.78 is 45.4. The van der Waals surface area contributed by atoms with Crippen LogP contribution in [0.5, 0.6) is 0 Å². The van der Waals surface area contributed by atoms with Gasteiger partial charge in [0, 0.05) is 44.2 Å².